The van der Waals surface area contributed by atoms with Crippen LogP contribution in [-0.2, 0) is 13.0 Å². The Balaban J connectivity index is 1.52. The second-order valence-electron chi connectivity index (χ2n) is 6.73. The SMILES string of the molecule is CCc1cnc(N)c(C(=O)NCc2nnc3ccc(Nc4cccc(C)c4)nn23)n1. The van der Waals surface area contributed by atoms with Crippen LogP contribution in [0.2, 0.25) is 0 Å². The smallest absolute Gasteiger partial charge is 0.274 e. The van der Waals surface area contributed by atoms with Crippen LogP contribution in [0.4, 0.5) is 17.3 Å². The Bertz CT molecular complexity index is 1220. The van der Waals surface area contributed by atoms with Crippen molar-refractivity contribution in [2.45, 2.75) is 26.8 Å². The Labute approximate surface area is 172 Å². The fraction of sp³-hybridized carbons (Fsp3) is 0.200. The number of rotatable bonds is 6. The van der Waals surface area contributed by atoms with E-state index in [1.165, 1.54) is 0 Å². The molecule has 152 valence electrons. The fourth-order valence-corrected chi connectivity index (χ4v) is 2.90. The number of nitrogen functional groups attached to an aromatic ring is 1. The average molecular weight is 403 g/mol. The van der Waals surface area contributed by atoms with Crippen molar-refractivity contribution in [3.63, 3.8) is 0 Å². The predicted octanol–water partition coefficient (Wildman–Crippen LogP) is 2.04. The summed E-state index contributed by atoms with van der Waals surface area (Å²) in [6.45, 7) is 4.06. The van der Waals surface area contributed by atoms with Crippen molar-refractivity contribution in [1.82, 2.24) is 35.1 Å². The van der Waals surface area contributed by atoms with Crippen molar-refractivity contribution in [3.8, 4) is 0 Å². The lowest BCUT2D eigenvalue weighted by atomic mass is 10.2. The van der Waals surface area contributed by atoms with E-state index in [9.17, 15) is 4.79 Å². The van der Waals surface area contributed by atoms with Crippen LogP contribution in [-0.4, -0.2) is 35.7 Å². The Morgan fingerprint density at radius 1 is 1.20 bits per heavy atom. The molecule has 0 spiro atoms. The fourth-order valence-electron chi connectivity index (χ4n) is 2.90. The highest BCUT2D eigenvalue weighted by atomic mass is 16.1. The minimum atomic E-state index is -0.430. The van der Waals surface area contributed by atoms with Gasteiger partial charge in [0, 0.05) is 5.69 Å². The first kappa shape index (κ1) is 19.2. The standard InChI is InChI=1S/C20H21N9O/c1-3-13-10-22-19(21)18(25-13)20(30)23-11-17-27-26-16-8-7-15(28-29(16)17)24-14-6-4-5-12(2)9-14/h4-10H,3,11H2,1-2H3,(H2,21,22)(H,23,30)(H,24,28). The molecule has 4 N–H and O–H groups in total. The van der Waals surface area contributed by atoms with Gasteiger partial charge in [0.25, 0.3) is 5.91 Å². The van der Waals surface area contributed by atoms with Crippen molar-refractivity contribution in [2.24, 2.45) is 0 Å². The van der Waals surface area contributed by atoms with E-state index in [4.69, 9.17) is 5.73 Å². The number of benzene rings is 1. The minimum Gasteiger partial charge on any atom is -0.382 e. The van der Waals surface area contributed by atoms with Crippen LogP contribution in [0.25, 0.3) is 5.65 Å². The highest BCUT2D eigenvalue weighted by Crippen LogP contribution is 2.16. The summed E-state index contributed by atoms with van der Waals surface area (Å²) >= 11 is 0. The zero-order valence-electron chi connectivity index (χ0n) is 16.6. The van der Waals surface area contributed by atoms with Crippen LogP contribution in [0.1, 0.15) is 34.5 Å². The van der Waals surface area contributed by atoms with Crippen molar-refractivity contribution in [2.75, 3.05) is 11.1 Å². The molecule has 30 heavy (non-hydrogen) atoms. The maximum absolute atomic E-state index is 12.5. The van der Waals surface area contributed by atoms with E-state index in [-0.39, 0.29) is 18.1 Å². The molecule has 1 amide bonds. The molecule has 4 aromatic rings. The first-order valence-corrected chi connectivity index (χ1v) is 9.48. The number of hydrogen-bond acceptors (Lipinski definition) is 8. The lowest BCUT2D eigenvalue weighted by molar-refractivity contribution is 0.0945. The third kappa shape index (κ3) is 4.02. The van der Waals surface area contributed by atoms with Crippen molar-refractivity contribution in [3.05, 3.63) is 65.4 Å². The molecule has 1 aromatic carbocycles. The molecule has 3 aromatic heterocycles. The second kappa shape index (κ2) is 8.11. The number of anilines is 3. The Morgan fingerprint density at radius 3 is 2.87 bits per heavy atom. The maximum Gasteiger partial charge on any atom is 0.274 e. The zero-order chi connectivity index (χ0) is 21.1. The number of aromatic nitrogens is 6. The molecule has 0 aliphatic rings. The van der Waals surface area contributed by atoms with E-state index in [1.54, 1.807) is 16.8 Å². The molecule has 0 saturated heterocycles. The monoisotopic (exact) mass is 403 g/mol. The van der Waals surface area contributed by atoms with Crippen molar-refractivity contribution < 1.29 is 4.79 Å². The van der Waals surface area contributed by atoms with E-state index in [1.807, 2.05) is 44.2 Å². The number of nitrogens with one attached hydrogen (secondary N) is 2. The van der Waals surface area contributed by atoms with Gasteiger partial charge in [0.1, 0.15) is 0 Å². The Morgan fingerprint density at radius 2 is 2.07 bits per heavy atom. The van der Waals surface area contributed by atoms with Gasteiger partial charge >= 0.3 is 0 Å². The van der Waals surface area contributed by atoms with Gasteiger partial charge in [-0.2, -0.15) is 4.52 Å². The summed E-state index contributed by atoms with van der Waals surface area (Å²) in [5, 5.41) is 18.8. The third-order valence-corrected chi connectivity index (χ3v) is 4.45. The molecule has 10 heteroatoms. The summed E-state index contributed by atoms with van der Waals surface area (Å²) in [6, 6.07) is 11.6. The summed E-state index contributed by atoms with van der Waals surface area (Å²) < 4.78 is 1.58. The van der Waals surface area contributed by atoms with Gasteiger partial charge < -0.3 is 16.4 Å². The summed E-state index contributed by atoms with van der Waals surface area (Å²) in [5.74, 6) is 0.760. The van der Waals surface area contributed by atoms with E-state index in [0.717, 1.165) is 11.3 Å². The first-order chi connectivity index (χ1) is 14.5. The van der Waals surface area contributed by atoms with E-state index in [2.05, 4.69) is 35.9 Å². The van der Waals surface area contributed by atoms with E-state index >= 15 is 0 Å². The van der Waals surface area contributed by atoms with Gasteiger partial charge in [-0.1, -0.05) is 19.1 Å². The van der Waals surface area contributed by atoms with Crippen LogP contribution in [0, 0.1) is 6.92 Å². The topological polar surface area (TPSA) is 136 Å². The largest absolute Gasteiger partial charge is 0.382 e. The van der Waals surface area contributed by atoms with Crippen molar-refractivity contribution >= 4 is 28.9 Å². The number of nitrogens with zero attached hydrogens (tertiary/aromatic N) is 6. The quantitative estimate of drug-likeness (QED) is 0.445. The highest BCUT2D eigenvalue weighted by molar-refractivity contribution is 5.96. The normalized spacial score (nSPS) is 10.9. The van der Waals surface area contributed by atoms with Gasteiger partial charge in [-0.15, -0.1) is 15.3 Å². The molecule has 0 atom stereocenters. The van der Waals surface area contributed by atoms with Crippen LogP contribution < -0.4 is 16.4 Å². The number of amides is 1. The molecule has 4 rings (SSSR count). The molecule has 0 fully saturated rings. The molecular formula is C20H21N9O. The molecule has 3 heterocycles. The number of carbonyl (C=O) groups excluding carboxylic acids is 1. The van der Waals surface area contributed by atoms with Gasteiger partial charge in [0.2, 0.25) is 0 Å². The summed E-state index contributed by atoms with van der Waals surface area (Å²) in [4.78, 5) is 20.8. The maximum atomic E-state index is 12.5. The van der Waals surface area contributed by atoms with Gasteiger partial charge in [0.15, 0.2) is 28.8 Å². The Hall–Kier alpha value is -4.08. The zero-order valence-corrected chi connectivity index (χ0v) is 16.6. The highest BCUT2D eigenvalue weighted by Gasteiger charge is 2.15. The molecule has 0 aliphatic carbocycles. The number of nitrogens with two attached hydrogens (primary N) is 1. The van der Waals surface area contributed by atoms with Gasteiger partial charge in [0.05, 0.1) is 18.4 Å². The van der Waals surface area contributed by atoms with Gasteiger partial charge in [-0.05, 0) is 43.2 Å². The summed E-state index contributed by atoms with van der Waals surface area (Å²) in [5.41, 5.74) is 9.22. The lowest BCUT2D eigenvalue weighted by Gasteiger charge is -2.08. The number of hydrogen-bond donors (Lipinski definition) is 3. The second-order valence-corrected chi connectivity index (χ2v) is 6.73. The van der Waals surface area contributed by atoms with E-state index < -0.39 is 5.91 Å². The average Bonchev–Trinajstić information content (AvgIpc) is 3.14. The minimum absolute atomic E-state index is 0.0820. The molecule has 0 radical (unpaired) electrons. The van der Waals surface area contributed by atoms with Crippen LogP contribution in [0.5, 0.6) is 0 Å². The van der Waals surface area contributed by atoms with Crippen molar-refractivity contribution in [1.29, 1.82) is 0 Å². The Kier molecular flexibility index (Phi) is 5.21. The molecule has 0 bridgehead atoms. The number of aryl methyl sites for hydroxylation is 2. The molecule has 10 nitrogen and oxygen atoms in total. The van der Waals surface area contributed by atoms with Crippen LogP contribution in [0.15, 0.2) is 42.6 Å². The lowest BCUT2D eigenvalue weighted by Crippen LogP contribution is -2.27. The molecule has 0 saturated carbocycles. The summed E-state index contributed by atoms with van der Waals surface area (Å²) in [7, 11) is 0. The predicted molar refractivity (Wildman–Crippen MR) is 112 cm³/mol. The van der Waals surface area contributed by atoms with Crippen LogP contribution >= 0.6 is 0 Å². The number of carbonyl (C=O) groups is 1. The molecular weight excluding hydrogens is 382 g/mol. The third-order valence-electron chi connectivity index (χ3n) is 4.45. The molecule has 0 unspecified atom stereocenters. The first-order valence-electron chi connectivity index (χ1n) is 9.48. The molecule has 0 aliphatic heterocycles. The number of fused-ring (bicyclic) bond motifs is 1. The van der Waals surface area contributed by atoms with Gasteiger partial charge in [-0.25, -0.2) is 9.97 Å². The van der Waals surface area contributed by atoms with E-state index in [0.29, 0.717) is 29.4 Å². The summed E-state index contributed by atoms with van der Waals surface area (Å²) in [6.07, 6.45) is 2.22. The van der Waals surface area contributed by atoms with Crippen LogP contribution in [0.3, 0.4) is 0 Å². The van der Waals surface area contributed by atoms with Gasteiger partial charge in [-0.3, -0.25) is 4.79 Å².